The Balaban J connectivity index is 2.49. The number of anilines is 1. The minimum Gasteiger partial charge on any atom is -0.453 e. The second-order valence-corrected chi connectivity index (χ2v) is 3.46. The van der Waals surface area contributed by atoms with E-state index in [0.717, 1.165) is 0 Å². The molecule has 0 radical (unpaired) electrons. The third kappa shape index (κ3) is 1.80. The Kier molecular flexibility index (Phi) is 2.68. The van der Waals surface area contributed by atoms with Crippen molar-refractivity contribution in [3.8, 4) is 5.75 Å². The number of carbonyl (C=O) groups excluding carboxylic acids is 1. The smallest absolute Gasteiger partial charge is 0.296 e. The molecule has 2 rings (SSSR count). The molecular formula is C10H10N2O5. The number of benzene rings is 1. The van der Waals surface area contributed by atoms with Crippen LogP contribution in [0.1, 0.15) is 6.92 Å². The normalized spacial score (nSPS) is 18.6. The average Bonchev–Trinajstić information content (AvgIpc) is 2.30. The van der Waals surface area contributed by atoms with Gasteiger partial charge in [0.05, 0.1) is 16.7 Å². The summed E-state index contributed by atoms with van der Waals surface area (Å²) in [5, 5.41) is 20.0. The minimum absolute atomic E-state index is 0.133. The maximum atomic E-state index is 11.6. The zero-order chi connectivity index (χ0) is 12.6. The summed E-state index contributed by atoms with van der Waals surface area (Å²) in [6, 6.07) is 3.91. The van der Waals surface area contributed by atoms with Crippen LogP contribution in [0.4, 0.5) is 11.4 Å². The summed E-state index contributed by atoms with van der Waals surface area (Å²) in [7, 11) is 0. The highest BCUT2D eigenvalue weighted by atomic mass is 16.6. The molecule has 7 heteroatoms. The number of aliphatic hydroxyl groups is 1. The van der Waals surface area contributed by atoms with Gasteiger partial charge in [-0.05, 0) is 13.0 Å². The first kappa shape index (κ1) is 11.3. The molecule has 1 unspecified atom stereocenters. The van der Waals surface area contributed by atoms with Gasteiger partial charge in [-0.15, -0.1) is 0 Å². The van der Waals surface area contributed by atoms with Gasteiger partial charge in [0, 0.05) is 12.6 Å². The van der Waals surface area contributed by atoms with E-state index in [4.69, 9.17) is 4.74 Å². The number of hydrogen-bond donors (Lipinski definition) is 1. The highest BCUT2D eigenvalue weighted by Gasteiger charge is 2.33. The summed E-state index contributed by atoms with van der Waals surface area (Å²) in [6.45, 7) is 2.09. The molecule has 0 bridgehead atoms. The van der Waals surface area contributed by atoms with Crippen LogP contribution in [0.2, 0.25) is 0 Å². The van der Waals surface area contributed by atoms with Crippen molar-refractivity contribution in [2.45, 2.75) is 13.2 Å². The van der Waals surface area contributed by atoms with E-state index in [2.05, 4.69) is 0 Å². The van der Waals surface area contributed by atoms with Crippen LogP contribution in [0.5, 0.6) is 5.75 Å². The van der Waals surface area contributed by atoms with Crippen molar-refractivity contribution in [1.82, 2.24) is 0 Å². The number of nitro groups is 1. The number of rotatable bonds is 2. The Bertz CT molecular complexity index is 488. The highest BCUT2D eigenvalue weighted by molar-refractivity contribution is 5.99. The lowest BCUT2D eigenvalue weighted by Gasteiger charge is -2.30. The lowest BCUT2D eigenvalue weighted by atomic mass is 10.2. The van der Waals surface area contributed by atoms with Gasteiger partial charge >= 0.3 is 0 Å². The fraction of sp³-hybridized carbons (Fsp3) is 0.300. The standard InChI is InChI=1S/C10H10N2O5/c1-2-11-7-4-3-6(12(15)16)5-8(7)17-10(14)9(11)13/h3-5,10,14H,2H2,1H3. The average molecular weight is 238 g/mol. The second-order valence-electron chi connectivity index (χ2n) is 3.46. The number of amides is 1. The molecule has 0 aromatic heterocycles. The van der Waals surface area contributed by atoms with Crippen LogP contribution in [-0.4, -0.2) is 28.8 Å². The van der Waals surface area contributed by atoms with Crippen molar-refractivity contribution in [3.63, 3.8) is 0 Å². The fourth-order valence-electron chi connectivity index (χ4n) is 1.68. The van der Waals surface area contributed by atoms with Crippen LogP contribution < -0.4 is 9.64 Å². The molecule has 7 nitrogen and oxygen atoms in total. The SMILES string of the molecule is CCN1C(=O)C(O)Oc2cc([N+](=O)[O-])ccc21. The van der Waals surface area contributed by atoms with Gasteiger partial charge in [0.1, 0.15) is 0 Å². The number of likely N-dealkylation sites (N-methyl/N-ethyl adjacent to an activating group) is 1. The molecule has 0 fully saturated rings. The van der Waals surface area contributed by atoms with Gasteiger partial charge in [0.15, 0.2) is 5.75 Å². The molecule has 1 aliphatic heterocycles. The van der Waals surface area contributed by atoms with E-state index in [0.29, 0.717) is 12.2 Å². The van der Waals surface area contributed by atoms with Gasteiger partial charge in [-0.25, -0.2) is 0 Å². The fourth-order valence-corrected chi connectivity index (χ4v) is 1.68. The Morgan fingerprint density at radius 2 is 2.29 bits per heavy atom. The number of aliphatic hydroxyl groups excluding tert-OH is 1. The summed E-state index contributed by atoms with van der Waals surface area (Å²) in [5.74, 6) is -0.443. The van der Waals surface area contributed by atoms with Gasteiger partial charge in [0.25, 0.3) is 17.9 Å². The van der Waals surface area contributed by atoms with Crippen molar-refractivity contribution < 1.29 is 19.6 Å². The first-order valence-corrected chi connectivity index (χ1v) is 4.99. The van der Waals surface area contributed by atoms with E-state index in [1.807, 2.05) is 0 Å². The van der Waals surface area contributed by atoms with Crippen molar-refractivity contribution in [1.29, 1.82) is 0 Å². The lowest BCUT2D eigenvalue weighted by Crippen LogP contribution is -2.45. The molecule has 17 heavy (non-hydrogen) atoms. The first-order chi connectivity index (χ1) is 8.04. The summed E-state index contributed by atoms with van der Waals surface area (Å²) < 4.78 is 4.93. The predicted molar refractivity (Wildman–Crippen MR) is 57.8 cm³/mol. The zero-order valence-corrected chi connectivity index (χ0v) is 8.99. The molecule has 1 aliphatic rings. The van der Waals surface area contributed by atoms with Gasteiger partial charge in [-0.1, -0.05) is 0 Å². The van der Waals surface area contributed by atoms with Crippen LogP contribution in [-0.2, 0) is 4.79 Å². The molecule has 1 aromatic rings. The van der Waals surface area contributed by atoms with Crippen molar-refractivity contribution in [3.05, 3.63) is 28.3 Å². The molecular weight excluding hydrogens is 228 g/mol. The number of carbonyl (C=O) groups is 1. The van der Waals surface area contributed by atoms with Gasteiger partial charge in [0.2, 0.25) is 0 Å². The van der Waals surface area contributed by atoms with E-state index in [-0.39, 0.29) is 11.4 Å². The Labute approximate surface area is 96.4 Å². The van der Waals surface area contributed by atoms with Crippen molar-refractivity contribution in [2.75, 3.05) is 11.4 Å². The minimum atomic E-state index is -1.61. The first-order valence-electron chi connectivity index (χ1n) is 4.99. The maximum Gasteiger partial charge on any atom is 0.296 e. The number of fused-ring (bicyclic) bond motifs is 1. The molecule has 1 amide bonds. The number of non-ortho nitro benzene ring substituents is 1. The Hall–Kier alpha value is -2.15. The molecule has 1 N–H and O–H groups in total. The summed E-state index contributed by atoms with van der Waals surface area (Å²) in [6.07, 6.45) is -1.61. The Morgan fingerprint density at radius 1 is 1.59 bits per heavy atom. The number of ether oxygens (including phenoxy) is 1. The monoisotopic (exact) mass is 238 g/mol. The summed E-state index contributed by atoms with van der Waals surface area (Å²) in [4.78, 5) is 22.9. The molecule has 90 valence electrons. The summed E-state index contributed by atoms with van der Waals surface area (Å²) >= 11 is 0. The molecule has 0 saturated heterocycles. The molecule has 0 aliphatic carbocycles. The van der Waals surface area contributed by atoms with E-state index >= 15 is 0 Å². The van der Waals surface area contributed by atoms with Gasteiger partial charge in [-0.3, -0.25) is 14.9 Å². The van der Waals surface area contributed by atoms with Gasteiger partial charge in [-0.2, -0.15) is 0 Å². The third-order valence-electron chi connectivity index (χ3n) is 2.48. The predicted octanol–water partition coefficient (Wildman–Crippen LogP) is 0.658. The van der Waals surface area contributed by atoms with E-state index in [9.17, 15) is 20.0 Å². The zero-order valence-electron chi connectivity index (χ0n) is 8.99. The second kappa shape index (κ2) is 4.02. The van der Waals surface area contributed by atoms with Crippen LogP contribution in [0.15, 0.2) is 18.2 Å². The number of nitro benzene ring substituents is 1. The number of hydrogen-bond acceptors (Lipinski definition) is 5. The molecule has 1 aromatic carbocycles. The van der Waals surface area contributed by atoms with E-state index in [1.165, 1.54) is 23.1 Å². The van der Waals surface area contributed by atoms with Crippen molar-refractivity contribution >= 4 is 17.3 Å². The largest absolute Gasteiger partial charge is 0.453 e. The molecule has 0 saturated carbocycles. The third-order valence-corrected chi connectivity index (χ3v) is 2.48. The summed E-state index contributed by atoms with van der Waals surface area (Å²) in [5.41, 5.74) is 0.273. The number of nitrogens with zero attached hydrogens (tertiary/aromatic N) is 2. The van der Waals surface area contributed by atoms with E-state index < -0.39 is 17.1 Å². The van der Waals surface area contributed by atoms with Crippen LogP contribution in [0, 0.1) is 10.1 Å². The van der Waals surface area contributed by atoms with Crippen molar-refractivity contribution in [2.24, 2.45) is 0 Å². The maximum absolute atomic E-state index is 11.6. The molecule has 1 atom stereocenters. The van der Waals surface area contributed by atoms with E-state index in [1.54, 1.807) is 6.92 Å². The van der Waals surface area contributed by atoms with Crippen LogP contribution in [0.25, 0.3) is 0 Å². The molecule has 0 spiro atoms. The van der Waals surface area contributed by atoms with Gasteiger partial charge < -0.3 is 14.7 Å². The lowest BCUT2D eigenvalue weighted by molar-refractivity contribution is -0.385. The van der Waals surface area contributed by atoms with Crippen LogP contribution in [0.3, 0.4) is 0 Å². The van der Waals surface area contributed by atoms with Crippen LogP contribution >= 0.6 is 0 Å². The molecule has 1 heterocycles. The topological polar surface area (TPSA) is 92.9 Å². The quantitative estimate of drug-likeness (QED) is 0.603. The Morgan fingerprint density at radius 3 is 2.88 bits per heavy atom. The highest BCUT2D eigenvalue weighted by Crippen LogP contribution is 2.36.